The molecular weight excluding hydrogens is 294 g/mol. The molecule has 7 nitrogen and oxygen atoms in total. The first-order valence-electron chi connectivity index (χ1n) is 7.77. The number of hydrogen-bond acceptors (Lipinski definition) is 7. The monoisotopic (exact) mass is 315 g/mol. The number of nitrogens with zero attached hydrogens (tertiary/aromatic N) is 5. The average molecular weight is 315 g/mol. The summed E-state index contributed by atoms with van der Waals surface area (Å²) in [4.78, 5) is 19.3. The lowest BCUT2D eigenvalue weighted by Crippen LogP contribution is -2.36. The van der Waals surface area contributed by atoms with E-state index in [1.165, 1.54) is 0 Å². The molecule has 0 atom stereocenters. The third kappa shape index (κ3) is 3.85. The first-order valence-corrected chi connectivity index (χ1v) is 7.77. The molecule has 0 spiro atoms. The predicted octanol–water partition coefficient (Wildman–Crippen LogP) is 1.88. The zero-order chi connectivity index (χ0) is 16.1. The lowest BCUT2D eigenvalue weighted by molar-refractivity contribution is 0.213. The Labute approximate surface area is 135 Å². The first kappa shape index (κ1) is 15.5. The first-order chi connectivity index (χ1) is 11.3. The van der Waals surface area contributed by atoms with Crippen molar-refractivity contribution in [1.82, 2.24) is 19.9 Å². The summed E-state index contributed by atoms with van der Waals surface area (Å²) < 4.78 is 10.9. The SMILES string of the molecule is COc1cnc(N2CCC(COc3nccnc3C)CC2)nc1. The van der Waals surface area contributed by atoms with E-state index in [0.29, 0.717) is 24.2 Å². The molecule has 1 aliphatic rings. The molecule has 2 aromatic rings. The molecule has 0 aromatic carbocycles. The summed E-state index contributed by atoms with van der Waals surface area (Å²) in [7, 11) is 1.61. The van der Waals surface area contributed by atoms with Crippen molar-refractivity contribution in [3.05, 3.63) is 30.5 Å². The maximum absolute atomic E-state index is 5.81. The highest BCUT2D eigenvalue weighted by molar-refractivity contribution is 5.31. The minimum atomic E-state index is 0.519. The lowest BCUT2D eigenvalue weighted by Gasteiger charge is -2.31. The van der Waals surface area contributed by atoms with Gasteiger partial charge in [-0.3, -0.25) is 4.98 Å². The van der Waals surface area contributed by atoms with Crippen LogP contribution in [-0.2, 0) is 0 Å². The molecular formula is C16H21N5O2. The van der Waals surface area contributed by atoms with Crippen LogP contribution < -0.4 is 14.4 Å². The zero-order valence-electron chi connectivity index (χ0n) is 13.5. The maximum Gasteiger partial charge on any atom is 0.235 e. The second-order valence-corrected chi connectivity index (χ2v) is 5.61. The Bertz CT molecular complexity index is 627. The van der Waals surface area contributed by atoms with Crippen molar-refractivity contribution >= 4 is 5.95 Å². The Balaban J connectivity index is 1.49. The molecule has 1 fully saturated rings. The third-order valence-electron chi connectivity index (χ3n) is 4.04. The second-order valence-electron chi connectivity index (χ2n) is 5.61. The van der Waals surface area contributed by atoms with Crippen molar-refractivity contribution < 1.29 is 9.47 Å². The highest BCUT2D eigenvalue weighted by Crippen LogP contribution is 2.22. The molecule has 23 heavy (non-hydrogen) atoms. The molecule has 0 bridgehead atoms. The highest BCUT2D eigenvalue weighted by Gasteiger charge is 2.21. The van der Waals surface area contributed by atoms with Crippen LogP contribution >= 0.6 is 0 Å². The number of hydrogen-bond donors (Lipinski definition) is 0. The molecule has 0 N–H and O–H groups in total. The van der Waals surface area contributed by atoms with Crippen molar-refractivity contribution in [2.24, 2.45) is 5.92 Å². The van der Waals surface area contributed by atoms with Gasteiger partial charge in [-0.2, -0.15) is 0 Å². The summed E-state index contributed by atoms with van der Waals surface area (Å²) in [6, 6.07) is 0. The van der Waals surface area contributed by atoms with E-state index in [9.17, 15) is 0 Å². The molecule has 122 valence electrons. The number of anilines is 1. The molecule has 0 aliphatic carbocycles. The molecule has 0 unspecified atom stereocenters. The van der Waals surface area contributed by atoms with Gasteiger partial charge in [0, 0.05) is 25.5 Å². The van der Waals surface area contributed by atoms with Crippen molar-refractivity contribution in [3.8, 4) is 11.6 Å². The van der Waals surface area contributed by atoms with Gasteiger partial charge in [-0.25, -0.2) is 15.0 Å². The van der Waals surface area contributed by atoms with Crippen LogP contribution in [0.1, 0.15) is 18.5 Å². The topological polar surface area (TPSA) is 73.3 Å². The third-order valence-corrected chi connectivity index (χ3v) is 4.04. The standard InChI is InChI=1S/C16H21N5O2/c1-12-15(18-6-5-17-12)23-11-13-3-7-21(8-4-13)16-19-9-14(22-2)10-20-16/h5-6,9-10,13H,3-4,7-8,11H2,1-2H3. The number of piperidine rings is 1. The van der Waals surface area contributed by atoms with Crippen LogP contribution in [0.5, 0.6) is 11.6 Å². The lowest BCUT2D eigenvalue weighted by atomic mass is 9.98. The van der Waals surface area contributed by atoms with E-state index < -0.39 is 0 Å². The quantitative estimate of drug-likeness (QED) is 0.834. The minimum absolute atomic E-state index is 0.519. The molecule has 0 amide bonds. The minimum Gasteiger partial charge on any atom is -0.494 e. The molecule has 3 heterocycles. The Morgan fingerprint density at radius 1 is 1.09 bits per heavy atom. The van der Waals surface area contributed by atoms with E-state index in [4.69, 9.17) is 9.47 Å². The smallest absolute Gasteiger partial charge is 0.235 e. The van der Waals surface area contributed by atoms with E-state index >= 15 is 0 Å². The van der Waals surface area contributed by atoms with E-state index in [2.05, 4.69) is 24.8 Å². The average Bonchev–Trinajstić information content (AvgIpc) is 2.62. The molecule has 3 rings (SSSR count). The van der Waals surface area contributed by atoms with Crippen LogP contribution in [0.3, 0.4) is 0 Å². The Morgan fingerprint density at radius 3 is 2.43 bits per heavy atom. The van der Waals surface area contributed by atoms with Gasteiger partial charge < -0.3 is 14.4 Å². The van der Waals surface area contributed by atoms with E-state index in [1.54, 1.807) is 31.9 Å². The summed E-state index contributed by atoms with van der Waals surface area (Å²) in [6.07, 6.45) is 8.84. The zero-order valence-corrected chi connectivity index (χ0v) is 13.5. The van der Waals surface area contributed by atoms with Gasteiger partial charge in [0.15, 0.2) is 5.75 Å². The molecule has 1 saturated heterocycles. The van der Waals surface area contributed by atoms with Gasteiger partial charge in [-0.1, -0.05) is 0 Å². The van der Waals surface area contributed by atoms with E-state index in [1.807, 2.05) is 6.92 Å². The molecule has 0 saturated carbocycles. The highest BCUT2D eigenvalue weighted by atomic mass is 16.5. The number of rotatable bonds is 5. The van der Waals surface area contributed by atoms with Gasteiger partial charge in [0.05, 0.1) is 31.8 Å². The van der Waals surface area contributed by atoms with E-state index in [-0.39, 0.29) is 0 Å². The largest absolute Gasteiger partial charge is 0.494 e. The summed E-state index contributed by atoms with van der Waals surface area (Å²) in [5.74, 6) is 2.59. The van der Waals surface area contributed by atoms with Crippen molar-refractivity contribution in [3.63, 3.8) is 0 Å². The summed E-state index contributed by atoms with van der Waals surface area (Å²) in [6.45, 7) is 4.45. The van der Waals surface area contributed by atoms with Crippen LogP contribution in [0.25, 0.3) is 0 Å². The predicted molar refractivity (Wildman–Crippen MR) is 85.8 cm³/mol. The van der Waals surface area contributed by atoms with Crippen LogP contribution in [0, 0.1) is 12.8 Å². The van der Waals surface area contributed by atoms with Gasteiger partial charge in [0.25, 0.3) is 0 Å². The fourth-order valence-corrected chi connectivity index (χ4v) is 2.61. The van der Waals surface area contributed by atoms with Crippen LogP contribution in [-0.4, -0.2) is 46.7 Å². The van der Waals surface area contributed by atoms with Crippen molar-refractivity contribution in [2.45, 2.75) is 19.8 Å². The Morgan fingerprint density at radius 2 is 1.78 bits per heavy atom. The number of methoxy groups -OCH3 is 1. The van der Waals surface area contributed by atoms with Gasteiger partial charge in [0.2, 0.25) is 11.8 Å². The van der Waals surface area contributed by atoms with E-state index in [0.717, 1.165) is 37.6 Å². The van der Waals surface area contributed by atoms with Gasteiger partial charge in [-0.15, -0.1) is 0 Å². The molecule has 0 radical (unpaired) electrons. The van der Waals surface area contributed by atoms with Crippen LogP contribution in [0.2, 0.25) is 0 Å². The number of aryl methyl sites for hydroxylation is 1. The molecule has 1 aliphatic heterocycles. The summed E-state index contributed by atoms with van der Waals surface area (Å²) in [5, 5.41) is 0. The Kier molecular flexibility index (Phi) is 4.85. The van der Waals surface area contributed by atoms with Crippen LogP contribution in [0.4, 0.5) is 5.95 Å². The van der Waals surface area contributed by atoms with Crippen molar-refractivity contribution in [1.29, 1.82) is 0 Å². The Hall–Kier alpha value is -2.44. The fraction of sp³-hybridized carbons (Fsp3) is 0.500. The summed E-state index contributed by atoms with van der Waals surface area (Å²) >= 11 is 0. The number of ether oxygens (including phenoxy) is 2. The summed E-state index contributed by atoms with van der Waals surface area (Å²) in [5.41, 5.74) is 0.830. The second kappa shape index (κ2) is 7.21. The molecule has 7 heteroatoms. The maximum atomic E-state index is 5.81. The fourth-order valence-electron chi connectivity index (χ4n) is 2.61. The number of aromatic nitrogens is 4. The molecule has 2 aromatic heterocycles. The van der Waals surface area contributed by atoms with Crippen LogP contribution in [0.15, 0.2) is 24.8 Å². The van der Waals surface area contributed by atoms with Crippen molar-refractivity contribution in [2.75, 3.05) is 31.7 Å². The van der Waals surface area contributed by atoms with Gasteiger partial charge in [0.1, 0.15) is 0 Å². The van der Waals surface area contributed by atoms with Gasteiger partial charge in [-0.05, 0) is 25.7 Å². The van der Waals surface area contributed by atoms with Gasteiger partial charge >= 0.3 is 0 Å². The normalized spacial score (nSPS) is 15.5.